The Morgan fingerprint density at radius 3 is 2.22 bits per heavy atom. The average molecular weight is 458 g/mol. The third-order valence-electron chi connectivity index (χ3n) is 5.36. The van der Waals surface area contributed by atoms with Gasteiger partial charge in [-0.05, 0) is 19.1 Å². The first-order valence-electron chi connectivity index (χ1n) is 9.91. The van der Waals surface area contributed by atoms with Gasteiger partial charge in [0.2, 0.25) is 11.8 Å². The molecule has 0 aliphatic carbocycles. The maximum absolute atomic E-state index is 12.9. The summed E-state index contributed by atoms with van der Waals surface area (Å²) in [5, 5.41) is 7.12. The van der Waals surface area contributed by atoms with Crippen LogP contribution in [0.2, 0.25) is 0 Å². The molecule has 2 saturated heterocycles. The van der Waals surface area contributed by atoms with E-state index < -0.39 is 17.6 Å². The van der Waals surface area contributed by atoms with Gasteiger partial charge in [0.15, 0.2) is 0 Å². The van der Waals surface area contributed by atoms with Gasteiger partial charge in [0.1, 0.15) is 0 Å². The number of pyridine rings is 1. The van der Waals surface area contributed by atoms with Gasteiger partial charge < -0.3 is 19.8 Å². The SMILES string of the molecule is CCN1CC2(CC1=O)CN(C(C)=O)CCN(C(=O)c1cccnc1)C2.O=C(O)C(F)(F)F. The summed E-state index contributed by atoms with van der Waals surface area (Å²) in [6, 6.07) is 3.48. The highest BCUT2D eigenvalue weighted by molar-refractivity contribution is 5.94. The van der Waals surface area contributed by atoms with Crippen LogP contribution in [0, 0.1) is 5.41 Å². The third-order valence-corrected chi connectivity index (χ3v) is 5.36. The number of aliphatic carboxylic acids is 1. The lowest BCUT2D eigenvalue weighted by Crippen LogP contribution is -2.45. The van der Waals surface area contributed by atoms with Crippen LogP contribution in [0.15, 0.2) is 24.5 Å². The van der Waals surface area contributed by atoms with E-state index >= 15 is 0 Å². The number of amides is 3. The van der Waals surface area contributed by atoms with Crippen LogP contribution in [0.5, 0.6) is 0 Å². The van der Waals surface area contributed by atoms with Crippen LogP contribution in [0.4, 0.5) is 13.2 Å². The smallest absolute Gasteiger partial charge is 0.475 e. The fraction of sp³-hybridized carbons (Fsp3) is 0.550. The average Bonchev–Trinajstić information content (AvgIpc) is 2.91. The molecule has 1 N–H and O–H groups in total. The van der Waals surface area contributed by atoms with E-state index in [2.05, 4.69) is 4.98 Å². The Balaban J connectivity index is 0.000000451. The van der Waals surface area contributed by atoms with Crippen molar-refractivity contribution in [3.05, 3.63) is 30.1 Å². The zero-order valence-corrected chi connectivity index (χ0v) is 17.8. The van der Waals surface area contributed by atoms with Gasteiger partial charge in [-0.3, -0.25) is 19.4 Å². The van der Waals surface area contributed by atoms with Crippen LogP contribution in [0.25, 0.3) is 0 Å². The van der Waals surface area contributed by atoms with Crippen molar-refractivity contribution in [1.29, 1.82) is 0 Å². The lowest BCUT2D eigenvalue weighted by Gasteiger charge is -2.33. The molecule has 0 radical (unpaired) electrons. The molecular weight excluding hydrogens is 433 g/mol. The predicted octanol–water partition coefficient (Wildman–Crippen LogP) is 1.26. The van der Waals surface area contributed by atoms with Crippen molar-refractivity contribution in [3.63, 3.8) is 0 Å². The molecule has 12 heteroatoms. The molecule has 32 heavy (non-hydrogen) atoms. The van der Waals surface area contributed by atoms with Crippen molar-refractivity contribution in [2.75, 3.05) is 39.3 Å². The molecule has 1 aromatic heterocycles. The first-order valence-corrected chi connectivity index (χ1v) is 9.91. The van der Waals surface area contributed by atoms with E-state index in [-0.39, 0.29) is 17.7 Å². The molecular formula is C20H25F3N4O5. The largest absolute Gasteiger partial charge is 0.490 e. The number of carbonyl (C=O) groups excluding carboxylic acids is 3. The first-order chi connectivity index (χ1) is 14.9. The molecule has 176 valence electrons. The van der Waals surface area contributed by atoms with Crippen LogP contribution in [-0.2, 0) is 14.4 Å². The molecule has 0 bridgehead atoms. The van der Waals surface area contributed by atoms with E-state index in [1.807, 2.05) is 11.8 Å². The maximum atomic E-state index is 12.9. The normalized spacial score (nSPS) is 21.2. The molecule has 9 nitrogen and oxygen atoms in total. The Morgan fingerprint density at radius 1 is 1.16 bits per heavy atom. The summed E-state index contributed by atoms with van der Waals surface area (Å²) in [5.74, 6) is -2.77. The van der Waals surface area contributed by atoms with Gasteiger partial charge in [0, 0.05) is 70.4 Å². The maximum Gasteiger partial charge on any atom is 0.490 e. The Morgan fingerprint density at radius 2 is 1.75 bits per heavy atom. The van der Waals surface area contributed by atoms with Crippen LogP contribution in [-0.4, -0.2) is 93.9 Å². The minimum absolute atomic E-state index is 0.0163. The van der Waals surface area contributed by atoms with Crippen molar-refractivity contribution in [2.45, 2.75) is 26.4 Å². The minimum atomic E-state index is -5.08. The topological polar surface area (TPSA) is 111 Å². The standard InChI is InChI=1S/C18H24N4O3.C2HF3O2/c1-3-20-11-18(9-16(20)24)12-21(14(2)23)7-8-22(13-18)17(25)15-5-4-6-19-10-15;3-2(4,5)1(6)7/h4-6,10H,3,7-9,11-13H2,1-2H3;(H,6,7). The third kappa shape index (κ3) is 6.17. The molecule has 2 aliphatic rings. The Bertz CT molecular complexity index is 865. The summed E-state index contributed by atoms with van der Waals surface area (Å²) in [4.78, 5) is 55.5. The monoisotopic (exact) mass is 458 g/mol. The zero-order valence-electron chi connectivity index (χ0n) is 17.8. The number of carbonyl (C=O) groups is 4. The molecule has 2 aliphatic heterocycles. The van der Waals surface area contributed by atoms with E-state index in [4.69, 9.17) is 9.90 Å². The number of alkyl halides is 3. The summed E-state index contributed by atoms with van der Waals surface area (Å²) in [6.07, 6.45) is -1.52. The number of hydrogen-bond donors (Lipinski definition) is 1. The Hall–Kier alpha value is -3.18. The summed E-state index contributed by atoms with van der Waals surface area (Å²) < 4.78 is 31.7. The number of halogens is 3. The number of likely N-dealkylation sites (tertiary alicyclic amines) is 1. The van der Waals surface area contributed by atoms with Crippen LogP contribution >= 0.6 is 0 Å². The second kappa shape index (κ2) is 9.96. The minimum Gasteiger partial charge on any atom is -0.475 e. The first kappa shape index (κ1) is 25.1. The fourth-order valence-corrected chi connectivity index (χ4v) is 3.85. The summed E-state index contributed by atoms with van der Waals surface area (Å²) >= 11 is 0. The van der Waals surface area contributed by atoms with Crippen molar-refractivity contribution < 1.29 is 37.5 Å². The molecule has 1 spiro atoms. The predicted molar refractivity (Wildman–Crippen MR) is 105 cm³/mol. The van der Waals surface area contributed by atoms with Gasteiger partial charge >= 0.3 is 12.1 Å². The fourth-order valence-electron chi connectivity index (χ4n) is 3.85. The van der Waals surface area contributed by atoms with Gasteiger partial charge in [0.25, 0.3) is 5.91 Å². The Labute approximate surface area is 182 Å². The summed E-state index contributed by atoms with van der Waals surface area (Å²) in [7, 11) is 0. The van der Waals surface area contributed by atoms with Crippen molar-refractivity contribution >= 4 is 23.7 Å². The molecule has 1 atom stereocenters. The van der Waals surface area contributed by atoms with Gasteiger partial charge in [0.05, 0.1) is 5.56 Å². The van der Waals surface area contributed by atoms with E-state index in [1.54, 1.807) is 41.2 Å². The molecule has 3 amide bonds. The van der Waals surface area contributed by atoms with E-state index in [1.165, 1.54) is 0 Å². The zero-order chi connectivity index (χ0) is 24.1. The molecule has 0 saturated carbocycles. The van der Waals surface area contributed by atoms with Gasteiger partial charge in [-0.15, -0.1) is 0 Å². The second-order valence-electron chi connectivity index (χ2n) is 7.80. The van der Waals surface area contributed by atoms with E-state index in [0.29, 0.717) is 51.3 Å². The van der Waals surface area contributed by atoms with Crippen molar-refractivity contribution in [1.82, 2.24) is 19.7 Å². The molecule has 0 aromatic carbocycles. The second-order valence-corrected chi connectivity index (χ2v) is 7.80. The molecule has 3 heterocycles. The lowest BCUT2D eigenvalue weighted by molar-refractivity contribution is -0.192. The molecule has 3 rings (SSSR count). The summed E-state index contributed by atoms with van der Waals surface area (Å²) in [5.41, 5.74) is 0.137. The highest BCUT2D eigenvalue weighted by Gasteiger charge is 2.47. The highest BCUT2D eigenvalue weighted by Crippen LogP contribution is 2.35. The number of rotatable bonds is 2. The summed E-state index contributed by atoms with van der Waals surface area (Å²) in [6.45, 7) is 6.68. The van der Waals surface area contributed by atoms with Gasteiger partial charge in [-0.1, -0.05) is 0 Å². The van der Waals surface area contributed by atoms with Gasteiger partial charge in [-0.25, -0.2) is 4.79 Å². The van der Waals surface area contributed by atoms with Crippen LogP contribution < -0.4 is 0 Å². The molecule has 2 fully saturated rings. The number of carboxylic acids is 1. The Kier molecular flexibility index (Phi) is 7.81. The van der Waals surface area contributed by atoms with E-state index in [9.17, 15) is 27.6 Å². The highest BCUT2D eigenvalue weighted by atomic mass is 19.4. The van der Waals surface area contributed by atoms with Crippen LogP contribution in [0.3, 0.4) is 0 Å². The van der Waals surface area contributed by atoms with E-state index in [0.717, 1.165) is 0 Å². The quantitative estimate of drug-likeness (QED) is 0.714. The van der Waals surface area contributed by atoms with Crippen molar-refractivity contribution in [3.8, 4) is 0 Å². The number of aromatic nitrogens is 1. The molecule has 1 aromatic rings. The molecule has 1 unspecified atom stereocenters. The van der Waals surface area contributed by atoms with Crippen LogP contribution in [0.1, 0.15) is 30.6 Å². The van der Waals surface area contributed by atoms with Crippen molar-refractivity contribution in [2.24, 2.45) is 5.41 Å². The number of nitrogens with zero attached hydrogens (tertiary/aromatic N) is 4. The van der Waals surface area contributed by atoms with Gasteiger partial charge in [-0.2, -0.15) is 13.2 Å². The lowest BCUT2D eigenvalue weighted by atomic mass is 9.85. The number of hydrogen-bond acceptors (Lipinski definition) is 5. The number of carboxylic acid groups (broad SMARTS) is 1.